The molecule has 0 bridgehead atoms. The first-order valence-corrected chi connectivity index (χ1v) is 2.12. The van der Waals surface area contributed by atoms with Crippen LogP contribution in [-0.4, -0.2) is 0 Å². The molecule has 0 aromatic carbocycles. The summed E-state index contributed by atoms with van der Waals surface area (Å²) in [7, 11) is 0. The normalized spacial score (nSPS) is 11.9. The summed E-state index contributed by atoms with van der Waals surface area (Å²) in [5.41, 5.74) is -0.873. The minimum absolute atomic E-state index is 0.611. The summed E-state index contributed by atoms with van der Waals surface area (Å²) in [4.78, 5) is 1.89. The summed E-state index contributed by atoms with van der Waals surface area (Å²) in [6, 6.07) is 0. The van der Waals surface area contributed by atoms with Crippen LogP contribution >= 0.6 is 0 Å². The first-order valence-electron chi connectivity index (χ1n) is 2.12. The lowest BCUT2D eigenvalue weighted by Crippen LogP contribution is -2.16. The van der Waals surface area contributed by atoms with Crippen LogP contribution in [0, 0.1) is 0 Å². The van der Waals surface area contributed by atoms with Crippen molar-refractivity contribution >= 4 is 0 Å². The molecular formula is C4H3F3NO+. The van der Waals surface area contributed by atoms with Gasteiger partial charge >= 0.3 is 18.3 Å². The molecule has 0 aliphatic rings. The van der Waals surface area contributed by atoms with Crippen molar-refractivity contribution in [2.45, 2.75) is 6.18 Å². The van der Waals surface area contributed by atoms with Crippen molar-refractivity contribution in [3.05, 3.63) is 18.4 Å². The molecule has 50 valence electrons. The van der Waals surface area contributed by atoms with Gasteiger partial charge in [-0.1, -0.05) is 0 Å². The van der Waals surface area contributed by atoms with E-state index in [0.29, 0.717) is 6.26 Å². The standard InChI is InChI=1S/C4H2F3NO/c5-4(6,7)3-1-9-2-8-3/h1-2H/p+1. The number of alkyl halides is 3. The molecule has 0 spiro atoms. The number of halogens is 3. The second kappa shape index (κ2) is 1.75. The predicted octanol–water partition coefficient (Wildman–Crippen LogP) is 1.11. The van der Waals surface area contributed by atoms with E-state index in [2.05, 4.69) is 4.42 Å². The predicted molar refractivity (Wildman–Crippen MR) is 20.3 cm³/mol. The fourth-order valence-corrected chi connectivity index (χ4v) is 0.382. The largest absolute Gasteiger partial charge is 0.480 e. The number of rotatable bonds is 0. The number of aromatic nitrogens is 1. The summed E-state index contributed by atoms with van der Waals surface area (Å²) < 4.78 is 38.8. The van der Waals surface area contributed by atoms with Gasteiger partial charge in [0.2, 0.25) is 0 Å². The van der Waals surface area contributed by atoms with Crippen LogP contribution in [0.2, 0.25) is 0 Å². The highest BCUT2D eigenvalue weighted by molar-refractivity contribution is 4.87. The number of H-pyrrole nitrogens is 1. The van der Waals surface area contributed by atoms with Gasteiger partial charge in [-0.05, 0) is 0 Å². The quantitative estimate of drug-likeness (QED) is 0.527. The van der Waals surface area contributed by atoms with Crippen LogP contribution < -0.4 is 4.98 Å². The number of hydrogen-bond donors (Lipinski definition) is 0. The minimum atomic E-state index is -4.33. The Labute approximate surface area is 48.3 Å². The second-order valence-electron chi connectivity index (χ2n) is 1.43. The van der Waals surface area contributed by atoms with Crippen molar-refractivity contribution < 1.29 is 22.6 Å². The lowest BCUT2D eigenvalue weighted by Gasteiger charge is -1.92. The summed E-state index contributed by atoms with van der Waals surface area (Å²) >= 11 is 0. The molecule has 0 radical (unpaired) electrons. The average Bonchev–Trinajstić information content (AvgIpc) is 2.08. The molecule has 0 atom stereocenters. The van der Waals surface area contributed by atoms with Crippen LogP contribution in [-0.2, 0) is 6.18 Å². The fourth-order valence-electron chi connectivity index (χ4n) is 0.382. The van der Waals surface area contributed by atoms with Gasteiger partial charge in [-0.2, -0.15) is 18.2 Å². The minimum Gasteiger partial charge on any atom is -0.412 e. The number of nitrogens with one attached hydrogen (secondary N) is 1. The molecule has 0 aliphatic carbocycles. The smallest absolute Gasteiger partial charge is 0.412 e. The van der Waals surface area contributed by atoms with Gasteiger partial charge in [-0.15, -0.1) is 0 Å². The van der Waals surface area contributed by atoms with Gasteiger partial charge in [0.25, 0.3) is 0 Å². The van der Waals surface area contributed by atoms with Gasteiger partial charge < -0.3 is 4.42 Å². The van der Waals surface area contributed by atoms with E-state index in [1.807, 2.05) is 4.98 Å². The zero-order valence-electron chi connectivity index (χ0n) is 4.20. The maximum absolute atomic E-state index is 11.5. The number of aromatic amines is 1. The van der Waals surface area contributed by atoms with Crippen molar-refractivity contribution in [1.29, 1.82) is 0 Å². The molecular weight excluding hydrogens is 135 g/mol. The molecule has 5 heteroatoms. The van der Waals surface area contributed by atoms with Gasteiger partial charge in [0.05, 0.1) is 0 Å². The molecule has 1 heterocycles. The van der Waals surface area contributed by atoms with Crippen LogP contribution in [0.5, 0.6) is 0 Å². The van der Waals surface area contributed by atoms with Crippen molar-refractivity contribution in [2.75, 3.05) is 0 Å². The third-order valence-corrected chi connectivity index (χ3v) is 0.774. The van der Waals surface area contributed by atoms with Crippen molar-refractivity contribution in [1.82, 2.24) is 0 Å². The summed E-state index contributed by atoms with van der Waals surface area (Å²) in [6.45, 7) is 0. The maximum Gasteiger partial charge on any atom is 0.480 e. The average molecular weight is 138 g/mol. The van der Waals surface area contributed by atoms with E-state index in [9.17, 15) is 13.2 Å². The third kappa shape index (κ3) is 1.22. The van der Waals surface area contributed by atoms with Gasteiger partial charge in [0.1, 0.15) is 0 Å². The molecule has 0 unspecified atom stereocenters. The molecule has 9 heavy (non-hydrogen) atoms. The SMILES string of the molecule is FC(F)(F)c1coc[nH+]1. The lowest BCUT2D eigenvalue weighted by atomic mass is 10.5. The summed E-state index contributed by atoms with van der Waals surface area (Å²) in [6.07, 6.45) is -2.85. The Kier molecular flexibility index (Phi) is 1.19. The van der Waals surface area contributed by atoms with E-state index >= 15 is 0 Å². The monoisotopic (exact) mass is 138 g/mol. The molecule has 1 N–H and O–H groups in total. The van der Waals surface area contributed by atoms with Crippen molar-refractivity contribution in [3.63, 3.8) is 0 Å². The third-order valence-electron chi connectivity index (χ3n) is 0.774. The Balaban J connectivity index is 2.90. The molecule has 2 nitrogen and oxygen atoms in total. The molecule has 0 amide bonds. The molecule has 0 aliphatic heterocycles. The summed E-state index contributed by atoms with van der Waals surface area (Å²) in [5, 5.41) is 0. The molecule has 1 rings (SSSR count). The van der Waals surface area contributed by atoms with Crippen LogP contribution in [0.25, 0.3) is 0 Å². The topological polar surface area (TPSA) is 27.3 Å². The van der Waals surface area contributed by atoms with Crippen molar-refractivity contribution in [2.24, 2.45) is 0 Å². The molecule has 1 aromatic heterocycles. The first kappa shape index (κ1) is 6.12. The maximum atomic E-state index is 11.5. The zero-order valence-corrected chi connectivity index (χ0v) is 4.20. The van der Waals surface area contributed by atoms with Gasteiger partial charge in [0.15, 0.2) is 6.26 Å². The Morgan fingerprint density at radius 1 is 1.44 bits per heavy atom. The van der Waals surface area contributed by atoms with Crippen LogP contribution in [0.3, 0.4) is 0 Å². The van der Waals surface area contributed by atoms with Gasteiger partial charge in [0, 0.05) is 0 Å². The van der Waals surface area contributed by atoms with E-state index in [-0.39, 0.29) is 0 Å². The zero-order chi connectivity index (χ0) is 6.91. The van der Waals surface area contributed by atoms with E-state index < -0.39 is 11.9 Å². The Morgan fingerprint density at radius 2 is 2.11 bits per heavy atom. The first-order chi connectivity index (χ1) is 4.11. The number of hydrogen-bond acceptors (Lipinski definition) is 1. The van der Waals surface area contributed by atoms with E-state index in [1.54, 1.807) is 0 Å². The van der Waals surface area contributed by atoms with E-state index in [0.717, 1.165) is 6.39 Å². The molecule has 0 saturated carbocycles. The Hall–Kier alpha value is -1.00. The van der Waals surface area contributed by atoms with Crippen molar-refractivity contribution in [3.8, 4) is 0 Å². The fraction of sp³-hybridized carbons (Fsp3) is 0.250. The lowest BCUT2D eigenvalue weighted by molar-refractivity contribution is -0.427. The number of oxazole rings is 1. The summed E-state index contributed by atoms with van der Waals surface area (Å²) in [5.74, 6) is 0. The van der Waals surface area contributed by atoms with Gasteiger partial charge in [-0.25, -0.2) is 0 Å². The Bertz CT molecular complexity index is 178. The molecule has 1 aromatic rings. The van der Waals surface area contributed by atoms with E-state index in [4.69, 9.17) is 0 Å². The highest BCUT2D eigenvalue weighted by atomic mass is 19.4. The van der Waals surface area contributed by atoms with Crippen LogP contribution in [0.15, 0.2) is 17.1 Å². The Morgan fingerprint density at radius 3 is 2.33 bits per heavy atom. The highest BCUT2D eigenvalue weighted by Gasteiger charge is 2.39. The van der Waals surface area contributed by atoms with Crippen LogP contribution in [0.1, 0.15) is 5.69 Å². The van der Waals surface area contributed by atoms with E-state index in [1.165, 1.54) is 0 Å². The van der Waals surface area contributed by atoms with Crippen LogP contribution in [0.4, 0.5) is 13.2 Å². The molecule has 0 saturated heterocycles. The molecule has 0 fully saturated rings. The highest BCUT2D eigenvalue weighted by Crippen LogP contribution is 2.24. The second-order valence-corrected chi connectivity index (χ2v) is 1.43. The van der Waals surface area contributed by atoms with Gasteiger partial charge in [-0.3, -0.25) is 0 Å².